The van der Waals surface area contributed by atoms with Gasteiger partial charge in [0.1, 0.15) is 5.82 Å². The van der Waals surface area contributed by atoms with Gasteiger partial charge < -0.3 is 10.1 Å². The van der Waals surface area contributed by atoms with Crippen molar-refractivity contribution < 1.29 is 9.90 Å². The SMILES string of the molecule is O=C(O)CC(c1ccccc1)c1ccc2[nH]c(-c3ccc(Cl)s3)nc2c1. The van der Waals surface area contributed by atoms with Crippen molar-refractivity contribution in [1.82, 2.24) is 9.97 Å². The molecule has 0 spiro atoms. The van der Waals surface area contributed by atoms with E-state index in [0.717, 1.165) is 32.9 Å². The number of aliphatic carboxylic acids is 1. The highest BCUT2D eigenvalue weighted by Gasteiger charge is 2.19. The van der Waals surface area contributed by atoms with Gasteiger partial charge in [-0.1, -0.05) is 48.0 Å². The Balaban J connectivity index is 1.76. The molecule has 0 aliphatic heterocycles. The minimum absolute atomic E-state index is 0.0351. The molecule has 1 atom stereocenters. The van der Waals surface area contributed by atoms with Crippen LogP contribution in [0, 0.1) is 0 Å². The van der Waals surface area contributed by atoms with E-state index in [0.29, 0.717) is 4.34 Å². The fraction of sp³-hybridized carbons (Fsp3) is 0.100. The number of H-pyrrole nitrogens is 1. The summed E-state index contributed by atoms with van der Waals surface area (Å²) in [6.45, 7) is 0. The van der Waals surface area contributed by atoms with Gasteiger partial charge in [-0.2, -0.15) is 0 Å². The molecule has 4 nitrogen and oxygen atoms in total. The Labute approximate surface area is 159 Å². The summed E-state index contributed by atoms with van der Waals surface area (Å²) < 4.78 is 0.715. The number of fused-ring (bicyclic) bond motifs is 1. The van der Waals surface area contributed by atoms with E-state index in [-0.39, 0.29) is 12.3 Å². The van der Waals surface area contributed by atoms with Crippen molar-refractivity contribution in [3.05, 3.63) is 76.1 Å². The van der Waals surface area contributed by atoms with Gasteiger partial charge in [-0.15, -0.1) is 11.3 Å². The number of nitrogens with one attached hydrogen (secondary N) is 1. The number of halogens is 1. The first kappa shape index (κ1) is 16.8. The third-order valence-electron chi connectivity index (χ3n) is 4.30. The van der Waals surface area contributed by atoms with Crippen LogP contribution in [0.25, 0.3) is 21.7 Å². The second-order valence-corrected chi connectivity index (χ2v) is 7.74. The Kier molecular flexibility index (Phi) is 4.49. The molecular weight excluding hydrogens is 368 g/mol. The van der Waals surface area contributed by atoms with Gasteiger partial charge in [0.2, 0.25) is 0 Å². The molecule has 0 aliphatic rings. The molecule has 0 amide bonds. The Morgan fingerprint density at radius 3 is 2.62 bits per heavy atom. The van der Waals surface area contributed by atoms with Crippen molar-refractivity contribution in [3.8, 4) is 10.7 Å². The Morgan fingerprint density at radius 2 is 1.92 bits per heavy atom. The van der Waals surface area contributed by atoms with E-state index in [4.69, 9.17) is 11.6 Å². The van der Waals surface area contributed by atoms with Gasteiger partial charge in [0.25, 0.3) is 0 Å². The van der Waals surface area contributed by atoms with Gasteiger partial charge in [0.05, 0.1) is 26.7 Å². The third-order valence-corrected chi connectivity index (χ3v) is 5.53. The lowest BCUT2D eigenvalue weighted by Crippen LogP contribution is -2.07. The molecule has 26 heavy (non-hydrogen) atoms. The largest absolute Gasteiger partial charge is 0.481 e. The summed E-state index contributed by atoms with van der Waals surface area (Å²) in [4.78, 5) is 20.3. The van der Waals surface area contributed by atoms with Gasteiger partial charge in [-0.05, 0) is 35.4 Å². The van der Waals surface area contributed by atoms with Crippen LogP contribution in [0.5, 0.6) is 0 Å². The number of hydrogen-bond donors (Lipinski definition) is 2. The van der Waals surface area contributed by atoms with E-state index in [1.807, 2.05) is 60.7 Å². The lowest BCUT2D eigenvalue weighted by Gasteiger charge is -2.16. The predicted octanol–water partition coefficient (Wildman–Crippen LogP) is 5.55. The number of rotatable bonds is 5. The highest BCUT2D eigenvalue weighted by Crippen LogP contribution is 2.33. The molecule has 2 aromatic heterocycles. The predicted molar refractivity (Wildman–Crippen MR) is 105 cm³/mol. The lowest BCUT2D eigenvalue weighted by molar-refractivity contribution is -0.137. The molecular formula is C20H15ClN2O2S. The third kappa shape index (κ3) is 3.36. The molecule has 0 radical (unpaired) electrons. The van der Waals surface area contributed by atoms with Crippen LogP contribution < -0.4 is 0 Å². The van der Waals surface area contributed by atoms with E-state index < -0.39 is 5.97 Å². The van der Waals surface area contributed by atoms with Crippen LogP contribution in [0.15, 0.2) is 60.7 Å². The van der Waals surface area contributed by atoms with E-state index in [2.05, 4.69) is 9.97 Å². The van der Waals surface area contributed by atoms with E-state index >= 15 is 0 Å². The number of benzene rings is 2. The van der Waals surface area contributed by atoms with Crippen LogP contribution in [-0.2, 0) is 4.79 Å². The maximum Gasteiger partial charge on any atom is 0.304 e. The van der Waals surface area contributed by atoms with Crippen LogP contribution in [0.4, 0.5) is 0 Å². The Bertz CT molecular complexity index is 1070. The lowest BCUT2D eigenvalue weighted by atomic mass is 9.88. The van der Waals surface area contributed by atoms with Gasteiger partial charge in [0.15, 0.2) is 0 Å². The summed E-state index contributed by atoms with van der Waals surface area (Å²) in [5, 5.41) is 9.34. The van der Waals surface area contributed by atoms with E-state index in [1.54, 1.807) is 0 Å². The summed E-state index contributed by atoms with van der Waals surface area (Å²) in [5.41, 5.74) is 3.65. The summed E-state index contributed by atoms with van der Waals surface area (Å²) in [5.74, 6) is -0.270. The quantitative estimate of drug-likeness (QED) is 0.475. The Hall–Kier alpha value is -2.63. The number of hydrogen-bond acceptors (Lipinski definition) is 3. The van der Waals surface area contributed by atoms with Crippen LogP contribution in [-0.4, -0.2) is 21.0 Å². The second kappa shape index (κ2) is 6.94. The maximum atomic E-state index is 11.4. The number of imidazole rings is 1. The maximum absolute atomic E-state index is 11.4. The van der Waals surface area contributed by atoms with Crippen LogP contribution >= 0.6 is 22.9 Å². The zero-order valence-electron chi connectivity index (χ0n) is 13.6. The topological polar surface area (TPSA) is 66.0 Å². The first-order valence-electron chi connectivity index (χ1n) is 8.12. The second-order valence-electron chi connectivity index (χ2n) is 6.03. The average Bonchev–Trinajstić information content (AvgIpc) is 3.25. The molecule has 2 N–H and O–H groups in total. The molecule has 6 heteroatoms. The summed E-state index contributed by atoms with van der Waals surface area (Å²) in [6, 6.07) is 19.4. The number of aromatic amines is 1. The van der Waals surface area contributed by atoms with E-state index in [9.17, 15) is 9.90 Å². The molecule has 4 aromatic rings. The number of carbonyl (C=O) groups is 1. The van der Waals surface area contributed by atoms with Crippen molar-refractivity contribution in [2.45, 2.75) is 12.3 Å². The minimum Gasteiger partial charge on any atom is -0.481 e. The van der Waals surface area contributed by atoms with E-state index in [1.165, 1.54) is 11.3 Å². The van der Waals surface area contributed by atoms with Crippen LogP contribution in [0.2, 0.25) is 4.34 Å². The monoisotopic (exact) mass is 382 g/mol. The van der Waals surface area contributed by atoms with Crippen molar-refractivity contribution in [2.24, 2.45) is 0 Å². The number of carboxylic acid groups (broad SMARTS) is 1. The summed E-state index contributed by atoms with van der Waals surface area (Å²) >= 11 is 7.48. The highest BCUT2D eigenvalue weighted by atomic mass is 35.5. The number of nitrogens with zero attached hydrogens (tertiary/aromatic N) is 1. The normalized spacial score (nSPS) is 12.3. The fourth-order valence-corrected chi connectivity index (χ4v) is 4.07. The molecule has 0 aliphatic carbocycles. The molecule has 130 valence electrons. The molecule has 4 rings (SSSR count). The molecule has 0 saturated heterocycles. The Morgan fingerprint density at radius 1 is 1.12 bits per heavy atom. The summed E-state index contributed by atoms with van der Waals surface area (Å²) in [7, 11) is 0. The number of aromatic nitrogens is 2. The molecule has 0 bridgehead atoms. The average molecular weight is 383 g/mol. The minimum atomic E-state index is -0.824. The highest BCUT2D eigenvalue weighted by molar-refractivity contribution is 7.19. The number of carboxylic acids is 1. The van der Waals surface area contributed by atoms with Crippen LogP contribution in [0.1, 0.15) is 23.5 Å². The first-order chi connectivity index (χ1) is 12.6. The fourth-order valence-electron chi connectivity index (χ4n) is 3.09. The van der Waals surface area contributed by atoms with Gasteiger partial charge in [-0.3, -0.25) is 4.79 Å². The standard InChI is InChI=1S/C20H15ClN2O2S/c21-18-9-8-17(26-18)20-22-15-7-6-13(10-16(15)23-20)14(11-19(24)25)12-4-2-1-3-5-12/h1-10,14H,11H2,(H,22,23)(H,24,25). The molecule has 2 aromatic carbocycles. The van der Waals surface area contributed by atoms with Gasteiger partial charge in [0, 0.05) is 5.92 Å². The van der Waals surface area contributed by atoms with Crippen molar-refractivity contribution in [3.63, 3.8) is 0 Å². The number of thiophene rings is 1. The zero-order valence-corrected chi connectivity index (χ0v) is 15.2. The van der Waals surface area contributed by atoms with Crippen molar-refractivity contribution in [1.29, 1.82) is 0 Å². The zero-order chi connectivity index (χ0) is 18.1. The molecule has 1 unspecified atom stereocenters. The molecule has 2 heterocycles. The first-order valence-corrected chi connectivity index (χ1v) is 9.32. The van der Waals surface area contributed by atoms with Gasteiger partial charge in [-0.25, -0.2) is 4.98 Å². The molecule has 0 fully saturated rings. The van der Waals surface area contributed by atoms with Crippen molar-refractivity contribution in [2.75, 3.05) is 0 Å². The summed E-state index contributed by atoms with van der Waals surface area (Å²) in [6.07, 6.45) is 0.0351. The molecule has 0 saturated carbocycles. The van der Waals surface area contributed by atoms with Crippen molar-refractivity contribution >= 4 is 39.9 Å². The van der Waals surface area contributed by atoms with Crippen LogP contribution in [0.3, 0.4) is 0 Å². The smallest absolute Gasteiger partial charge is 0.304 e. The van der Waals surface area contributed by atoms with Gasteiger partial charge >= 0.3 is 5.97 Å².